The maximum absolute atomic E-state index is 13.2. The van der Waals surface area contributed by atoms with Gasteiger partial charge in [0.1, 0.15) is 16.4 Å². The summed E-state index contributed by atoms with van der Waals surface area (Å²) in [5, 5.41) is 4.04. The number of sulfone groups is 1. The molecule has 0 fully saturated rings. The zero-order valence-corrected chi connectivity index (χ0v) is 71.6. The Hall–Kier alpha value is -11.6. The predicted molar refractivity (Wildman–Crippen MR) is 460 cm³/mol. The second kappa shape index (κ2) is 40.4. The van der Waals surface area contributed by atoms with Gasteiger partial charge >= 0.3 is 6.18 Å². The largest absolute Gasteiger partial charge is 0.491 e. The smallest absolute Gasteiger partial charge is 0.416 e. The summed E-state index contributed by atoms with van der Waals surface area (Å²) >= 11 is 18.1. The number of hydrogen-bond acceptors (Lipinski definition) is 18. The standard InChI is InChI=1S/C23H20F3NO4S.C22H21ClN2O3S.C21H19ClN2O4S.C21H20ClNO5S2/c1-15(2)31-18-9-11-19(12-10-18)32(29,30)27-21-13-8-17(23(24,25)26)14-20(21)22(28)16-6-4-3-5-7-16;1-15(2)24-18-9-11-19(12-10-18)29(27,28)25-21-13-8-17(23)14-20(21)22(26)16-6-4-3-5-7-16;1-14(2)28-20-11-9-17(13-23-20)29(26,27)24-19-10-8-16(22)12-18(19)21(25)15-6-4-3-5-7-15;1-15(2)28-17-9-11-19(12-10-17)30(26,27)23-20-13-8-16(22)14-21(20)29(24,25)18-6-4-3-5-7-18/h3-15,27H,1-2H3;3-15,24-25H,1-2H3;3-14,24H,1-2H3;3-15,23H,1-2H3. The fourth-order valence-electron chi connectivity index (χ4n) is 11.0. The summed E-state index contributed by atoms with van der Waals surface area (Å²) < 4.78 is 195. The van der Waals surface area contributed by atoms with Crippen molar-refractivity contribution >= 4 is 131 Å². The van der Waals surface area contributed by atoms with Gasteiger partial charge in [0.15, 0.2) is 17.3 Å². The van der Waals surface area contributed by atoms with Crippen molar-refractivity contribution in [1.82, 2.24) is 4.98 Å². The molecule has 0 amide bonds. The fraction of sp³-hybridized carbons (Fsp3) is 0.149. The molecule has 0 bridgehead atoms. The molecule has 0 atom stereocenters. The van der Waals surface area contributed by atoms with Crippen LogP contribution in [-0.2, 0) is 56.1 Å². The van der Waals surface area contributed by atoms with E-state index in [2.05, 4.69) is 29.2 Å². The Kier molecular flexibility index (Phi) is 31.1. The minimum absolute atomic E-state index is 0.0305. The number of rotatable bonds is 28. The summed E-state index contributed by atoms with van der Waals surface area (Å²) in [7, 11) is -20.1. The van der Waals surface area contributed by atoms with Gasteiger partial charge < -0.3 is 19.5 Å². The Balaban J connectivity index is 0.000000182. The highest BCUT2D eigenvalue weighted by Crippen LogP contribution is 2.37. The molecule has 0 aliphatic rings. The number of carbonyl (C=O) groups is 3. The van der Waals surface area contributed by atoms with Crippen LogP contribution in [0.2, 0.25) is 15.1 Å². The zero-order valence-electron chi connectivity index (χ0n) is 65.2. The molecular formula is C87H80Cl3F3N6O16S5. The molecule has 5 N–H and O–H groups in total. The number of ketones is 3. The molecule has 0 spiro atoms. The number of ether oxygens (including phenoxy) is 3. The van der Waals surface area contributed by atoms with Gasteiger partial charge in [-0.25, -0.2) is 47.1 Å². The molecule has 0 saturated carbocycles. The molecule has 626 valence electrons. The van der Waals surface area contributed by atoms with Crippen molar-refractivity contribution in [3.8, 4) is 17.4 Å². The van der Waals surface area contributed by atoms with Crippen LogP contribution in [0.1, 0.15) is 109 Å². The van der Waals surface area contributed by atoms with Crippen molar-refractivity contribution in [2.45, 2.75) is 115 Å². The highest BCUT2D eigenvalue weighted by molar-refractivity contribution is 7.94. The normalized spacial score (nSPS) is 11.7. The van der Waals surface area contributed by atoms with Gasteiger partial charge in [0.05, 0.1) is 77.3 Å². The van der Waals surface area contributed by atoms with Gasteiger partial charge in [-0.15, -0.1) is 0 Å². The molecule has 0 unspecified atom stereocenters. The molecule has 0 saturated heterocycles. The Morgan fingerprint density at radius 2 is 0.675 bits per heavy atom. The zero-order chi connectivity index (χ0) is 87.5. The van der Waals surface area contributed by atoms with E-state index in [0.717, 1.165) is 17.8 Å². The third-order valence-corrected chi connectivity index (χ3v) is 24.4. The number of benzene rings is 11. The molecule has 22 nitrogen and oxygen atoms in total. The summed E-state index contributed by atoms with van der Waals surface area (Å²) in [5.41, 5.74) is 0.646. The van der Waals surface area contributed by atoms with Crippen molar-refractivity contribution in [2.75, 3.05) is 24.2 Å². The van der Waals surface area contributed by atoms with Crippen LogP contribution in [0.5, 0.6) is 17.4 Å². The number of alkyl halides is 3. The summed E-state index contributed by atoms with van der Waals surface area (Å²) in [6.45, 7) is 15.1. The fourth-order valence-corrected chi connectivity index (χ4v) is 17.4. The third kappa shape index (κ3) is 25.7. The first-order chi connectivity index (χ1) is 56.6. The van der Waals surface area contributed by atoms with E-state index in [1.165, 1.54) is 158 Å². The van der Waals surface area contributed by atoms with E-state index < -0.39 is 73.0 Å². The van der Waals surface area contributed by atoms with Gasteiger partial charge in [0.25, 0.3) is 40.1 Å². The summed E-state index contributed by atoms with van der Waals surface area (Å²) in [4.78, 5) is 42.3. The van der Waals surface area contributed by atoms with E-state index in [9.17, 15) is 69.6 Å². The first-order valence-corrected chi connectivity index (χ1v) is 45.0. The van der Waals surface area contributed by atoms with Gasteiger partial charge in [-0.05, 0) is 219 Å². The van der Waals surface area contributed by atoms with Crippen LogP contribution >= 0.6 is 34.8 Å². The molecule has 0 aliphatic carbocycles. The Bertz CT molecular complexity index is 6020. The molecule has 33 heteroatoms. The van der Waals surface area contributed by atoms with Crippen LogP contribution in [0, 0.1) is 0 Å². The monoisotopic (exact) mass is 1790 g/mol. The number of aromatic nitrogens is 1. The van der Waals surface area contributed by atoms with Crippen LogP contribution < -0.4 is 38.4 Å². The number of nitrogens with one attached hydrogen (secondary N) is 5. The number of sulfonamides is 4. The molecule has 12 rings (SSSR count). The number of pyridine rings is 1. The molecule has 1 aromatic heterocycles. The second-order valence-electron chi connectivity index (χ2n) is 27.2. The average Bonchev–Trinajstić information content (AvgIpc) is 0.815. The van der Waals surface area contributed by atoms with Crippen LogP contribution in [0.25, 0.3) is 0 Å². The second-order valence-corrected chi connectivity index (χ2v) is 37.2. The highest BCUT2D eigenvalue weighted by atomic mass is 35.5. The Morgan fingerprint density at radius 3 is 1.03 bits per heavy atom. The number of halogens is 6. The van der Waals surface area contributed by atoms with Gasteiger partial charge in [-0.1, -0.05) is 144 Å². The first kappa shape index (κ1) is 92.3. The average molecular weight is 1790 g/mol. The van der Waals surface area contributed by atoms with Gasteiger partial charge in [-0.3, -0.25) is 33.3 Å². The number of nitrogens with zero attached hydrogens (tertiary/aromatic N) is 1. The lowest BCUT2D eigenvalue weighted by atomic mass is 9.99. The van der Waals surface area contributed by atoms with E-state index in [-0.39, 0.29) is 110 Å². The van der Waals surface area contributed by atoms with Gasteiger partial charge in [-0.2, -0.15) is 13.2 Å². The molecule has 0 radical (unpaired) electrons. The number of hydrogen-bond donors (Lipinski definition) is 5. The maximum Gasteiger partial charge on any atom is 0.416 e. The molecule has 1 heterocycles. The molecule has 12 aromatic rings. The van der Waals surface area contributed by atoms with Crippen molar-refractivity contribution in [3.63, 3.8) is 0 Å². The van der Waals surface area contributed by atoms with Crippen LogP contribution in [0.15, 0.2) is 315 Å². The summed E-state index contributed by atoms with van der Waals surface area (Å²) in [6, 6.07) is 68.7. The quantitative estimate of drug-likeness (QED) is 0.0284. The number of anilines is 5. The maximum atomic E-state index is 13.2. The molecule has 120 heavy (non-hydrogen) atoms. The minimum Gasteiger partial charge on any atom is -0.491 e. The van der Waals surface area contributed by atoms with E-state index >= 15 is 0 Å². The summed E-state index contributed by atoms with van der Waals surface area (Å²) in [6.07, 6.45) is -3.73. The molecule has 0 aliphatic heterocycles. The lowest BCUT2D eigenvalue weighted by Gasteiger charge is -2.15. The first-order valence-electron chi connectivity index (χ1n) is 36.4. The third-order valence-electron chi connectivity index (χ3n) is 16.4. The Labute approximate surface area is 710 Å². The SMILES string of the molecule is CC(C)Nc1ccc(S(=O)(=O)Nc2ccc(Cl)cc2C(=O)c2ccccc2)cc1.CC(C)Oc1ccc(S(=O)(=O)Nc2ccc(C(F)(F)F)cc2C(=O)c2ccccc2)cc1.CC(C)Oc1ccc(S(=O)(=O)Nc2ccc(Cl)cc2C(=O)c2ccccc2)cn1.CC(C)Oc1ccc(S(=O)(=O)Nc2ccc(Cl)cc2S(=O)(=O)c2ccccc2)cc1. The van der Waals surface area contributed by atoms with E-state index in [1.807, 2.05) is 55.4 Å². The lowest BCUT2D eigenvalue weighted by Crippen LogP contribution is -2.17. The Morgan fingerprint density at radius 1 is 0.350 bits per heavy atom. The van der Waals surface area contributed by atoms with Gasteiger partial charge in [0, 0.05) is 66.2 Å². The highest BCUT2D eigenvalue weighted by Gasteiger charge is 2.34. The topological polar surface area (TPSA) is 323 Å². The van der Waals surface area contributed by atoms with Crippen LogP contribution in [0.4, 0.5) is 41.6 Å². The van der Waals surface area contributed by atoms with Gasteiger partial charge in [0.2, 0.25) is 15.7 Å². The minimum atomic E-state index is -4.70. The van der Waals surface area contributed by atoms with Crippen LogP contribution in [-0.4, -0.2) is 88.8 Å². The lowest BCUT2D eigenvalue weighted by molar-refractivity contribution is -0.137. The molecule has 11 aromatic carbocycles. The van der Waals surface area contributed by atoms with Crippen LogP contribution in [0.3, 0.4) is 0 Å². The van der Waals surface area contributed by atoms with Crippen molar-refractivity contribution in [1.29, 1.82) is 0 Å². The molecular weight excluding hydrogens is 1710 g/mol. The predicted octanol–water partition coefficient (Wildman–Crippen LogP) is 20.0. The van der Waals surface area contributed by atoms with Crippen molar-refractivity contribution < 1.29 is 83.9 Å². The van der Waals surface area contributed by atoms with Crippen molar-refractivity contribution in [3.05, 3.63) is 339 Å². The van der Waals surface area contributed by atoms with Crippen molar-refractivity contribution in [2.24, 2.45) is 0 Å². The number of carbonyl (C=O) groups excluding carboxylic acids is 3. The summed E-state index contributed by atoms with van der Waals surface area (Å²) in [5.74, 6) is -0.0800. The van der Waals surface area contributed by atoms with E-state index in [4.69, 9.17) is 49.0 Å². The van der Waals surface area contributed by atoms with E-state index in [1.54, 1.807) is 109 Å². The van der Waals surface area contributed by atoms with E-state index in [0.29, 0.717) is 44.6 Å².